The lowest BCUT2D eigenvalue weighted by Gasteiger charge is -2.30. The van der Waals surface area contributed by atoms with Crippen LogP contribution in [0.5, 0.6) is 0 Å². The van der Waals surface area contributed by atoms with Gasteiger partial charge >= 0.3 is 0 Å². The summed E-state index contributed by atoms with van der Waals surface area (Å²) in [6.07, 6.45) is 1.64. The average molecular weight is 490 g/mol. The number of carbonyl (C=O) groups excluding carboxylic acids is 1. The Balaban J connectivity index is 1.21. The molecule has 34 heavy (non-hydrogen) atoms. The number of para-hydroxylation sites is 3. The van der Waals surface area contributed by atoms with Gasteiger partial charge < -0.3 is 13.7 Å². The van der Waals surface area contributed by atoms with E-state index in [-0.39, 0.29) is 11.8 Å². The number of rotatable bonds is 5. The molecule has 2 aromatic carbocycles. The number of oxazole rings is 1. The molecule has 1 aliphatic rings. The lowest BCUT2D eigenvalue weighted by molar-refractivity contribution is 0.0676. The van der Waals surface area contributed by atoms with Crippen molar-refractivity contribution in [2.24, 2.45) is 0 Å². The van der Waals surface area contributed by atoms with Gasteiger partial charge in [0.05, 0.1) is 0 Å². The van der Waals surface area contributed by atoms with Crippen LogP contribution in [-0.4, -0.2) is 33.9 Å². The van der Waals surface area contributed by atoms with Crippen molar-refractivity contribution in [3.05, 3.63) is 76.8 Å². The summed E-state index contributed by atoms with van der Waals surface area (Å²) in [5, 5.41) is 3.04. The smallest absolute Gasteiger partial charge is 0.289 e. The van der Waals surface area contributed by atoms with E-state index in [2.05, 4.69) is 9.97 Å². The summed E-state index contributed by atoms with van der Waals surface area (Å²) in [4.78, 5) is 24.7. The van der Waals surface area contributed by atoms with Gasteiger partial charge in [-0.1, -0.05) is 42.1 Å². The highest BCUT2D eigenvalue weighted by Gasteiger charge is 2.31. The SMILES string of the molecule is Cc1csc(SCc2c(C(=O)N3CCC(c4nc5ccccc5o4)CC3)oc3ccccc23)n1. The van der Waals surface area contributed by atoms with Gasteiger partial charge in [0.15, 0.2) is 17.2 Å². The summed E-state index contributed by atoms with van der Waals surface area (Å²) in [6.45, 7) is 3.29. The minimum Gasteiger partial charge on any atom is -0.451 e. The molecule has 5 aromatic rings. The number of nitrogens with zero attached hydrogens (tertiary/aromatic N) is 3. The van der Waals surface area contributed by atoms with Gasteiger partial charge in [0.25, 0.3) is 5.91 Å². The largest absolute Gasteiger partial charge is 0.451 e. The van der Waals surface area contributed by atoms with E-state index in [1.807, 2.05) is 65.7 Å². The van der Waals surface area contributed by atoms with Crippen molar-refractivity contribution < 1.29 is 13.6 Å². The first-order valence-electron chi connectivity index (χ1n) is 11.4. The second-order valence-corrected chi connectivity index (χ2v) is 10.6. The van der Waals surface area contributed by atoms with E-state index in [0.717, 1.165) is 56.4 Å². The van der Waals surface area contributed by atoms with Gasteiger partial charge in [-0.15, -0.1) is 11.3 Å². The second kappa shape index (κ2) is 8.92. The zero-order valence-corrected chi connectivity index (χ0v) is 20.3. The number of hydrogen-bond donors (Lipinski definition) is 0. The number of benzene rings is 2. The van der Waals surface area contributed by atoms with E-state index in [0.29, 0.717) is 24.6 Å². The zero-order valence-electron chi connectivity index (χ0n) is 18.7. The van der Waals surface area contributed by atoms with Crippen molar-refractivity contribution in [1.82, 2.24) is 14.9 Å². The van der Waals surface area contributed by atoms with Crippen molar-refractivity contribution in [3.63, 3.8) is 0 Å². The van der Waals surface area contributed by atoms with Crippen LogP contribution >= 0.6 is 23.1 Å². The first-order chi connectivity index (χ1) is 16.7. The molecule has 0 atom stereocenters. The molecule has 8 heteroatoms. The molecule has 1 aliphatic heterocycles. The predicted octanol–water partition coefficient (Wildman–Crippen LogP) is 6.65. The molecular formula is C26H23N3O3S2. The van der Waals surface area contributed by atoms with Crippen LogP contribution in [0, 0.1) is 6.92 Å². The Labute approximate surface area is 205 Å². The third-order valence-electron chi connectivity index (χ3n) is 6.27. The normalized spacial score (nSPS) is 14.9. The molecule has 6 nitrogen and oxygen atoms in total. The Hall–Kier alpha value is -3.10. The van der Waals surface area contributed by atoms with Crippen LogP contribution in [0.4, 0.5) is 0 Å². The monoisotopic (exact) mass is 489 g/mol. The molecule has 6 rings (SSSR count). The molecule has 0 saturated carbocycles. The van der Waals surface area contributed by atoms with Crippen LogP contribution in [0.25, 0.3) is 22.1 Å². The van der Waals surface area contributed by atoms with Crippen LogP contribution < -0.4 is 0 Å². The maximum atomic E-state index is 13.6. The highest BCUT2D eigenvalue weighted by Crippen LogP contribution is 2.35. The number of carbonyl (C=O) groups is 1. The molecular weight excluding hydrogens is 466 g/mol. The van der Waals surface area contributed by atoms with Crippen LogP contribution in [0.3, 0.4) is 0 Å². The molecule has 1 fully saturated rings. The number of likely N-dealkylation sites (tertiary alicyclic amines) is 1. The fraction of sp³-hybridized carbons (Fsp3) is 0.269. The summed E-state index contributed by atoms with van der Waals surface area (Å²) in [7, 11) is 0. The van der Waals surface area contributed by atoms with Crippen molar-refractivity contribution in [2.75, 3.05) is 13.1 Å². The zero-order chi connectivity index (χ0) is 23.1. The lowest BCUT2D eigenvalue weighted by atomic mass is 9.96. The highest BCUT2D eigenvalue weighted by atomic mass is 32.2. The molecule has 0 bridgehead atoms. The van der Waals surface area contributed by atoms with E-state index < -0.39 is 0 Å². The summed E-state index contributed by atoms with van der Waals surface area (Å²) >= 11 is 3.28. The number of fused-ring (bicyclic) bond motifs is 2. The fourth-order valence-corrected chi connectivity index (χ4v) is 6.36. The van der Waals surface area contributed by atoms with Crippen molar-refractivity contribution in [3.8, 4) is 0 Å². The van der Waals surface area contributed by atoms with Crippen molar-refractivity contribution in [1.29, 1.82) is 0 Å². The Morgan fingerprint density at radius 1 is 1.06 bits per heavy atom. The van der Waals surface area contributed by atoms with Gasteiger partial charge in [0.2, 0.25) is 0 Å². The van der Waals surface area contributed by atoms with E-state index in [9.17, 15) is 4.79 Å². The van der Waals surface area contributed by atoms with Gasteiger partial charge in [-0.25, -0.2) is 9.97 Å². The number of amides is 1. The lowest BCUT2D eigenvalue weighted by Crippen LogP contribution is -2.38. The van der Waals surface area contributed by atoms with E-state index >= 15 is 0 Å². The third-order valence-corrected chi connectivity index (χ3v) is 8.44. The van der Waals surface area contributed by atoms with Gasteiger partial charge in [-0.2, -0.15) is 0 Å². The number of aromatic nitrogens is 2. The van der Waals surface area contributed by atoms with Gasteiger partial charge in [0.1, 0.15) is 15.4 Å². The molecule has 0 aliphatic carbocycles. The molecule has 172 valence electrons. The van der Waals surface area contributed by atoms with Gasteiger partial charge in [-0.3, -0.25) is 4.79 Å². The number of piperidine rings is 1. The van der Waals surface area contributed by atoms with E-state index in [1.54, 1.807) is 23.1 Å². The molecule has 0 spiro atoms. The van der Waals surface area contributed by atoms with Crippen LogP contribution in [0.1, 0.15) is 46.5 Å². The first-order valence-corrected chi connectivity index (χ1v) is 13.2. The Bertz CT molecular complexity index is 1440. The van der Waals surface area contributed by atoms with E-state index in [1.165, 1.54) is 0 Å². The number of thioether (sulfide) groups is 1. The average Bonchev–Trinajstić information content (AvgIpc) is 3.58. The number of aryl methyl sites for hydroxylation is 1. The highest BCUT2D eigenvalue weighted by molar-refractivity contribution is 8.00. The minimum atomic E-state index is -0.0434. The summed E-state index contributed by atoms with van der Waals surface area (Å²) < 4.78 is 13.1. The maximum absolute atomic E-state index is 13.6. The molecule has 4 heterocycles. The molecule has 3 aromatic heterocycles. The third kappa shape index (κ3) is 4.01. The summed E-state index contributed by atoms with van der Waals surface area (Å²) in [5.41, 5.74) is 4.41. The van der Waals surface area contributed by atoms with Gasteiger partial charge in [-0.05, 0) is 38.0 Å². The number of thiazole rings is 1. The summed E-state index contributed by atoms with van der Waals surface area (Å²) in [6, 6.07) is 15.7. The molecule has 0 unspecified atom stereocenters. The molecule has 0 radical (unpaired) electrons. The van der Waals surface area contributed by atoms with E-state index in [4.69, 9.17) is 8.83 Å². The summed E-state index contributed by atoms with van der Waals surface area (Å²) in [5.74, 6) is 2.04. The van der Waals surface area contributed by atoms with Crippen LogP contribution in [0.2, 0.25) is 0 Å². The maximum Gasteiger partial charge on any atom is 0.289 e. The number of hydrogen-bond acceptors (Lipinski definition) is 7. The van der Waals surface area contributed by atoms with Crippen LogP contribution in [-0.2, 0) is 5.75 Å². The minimum absolute atomic E-state index is 0.0434. The van der Waals surface area contributed by atoms with Crippen molar-refractivity contribution in [2.45, 2.75) is 35.8 Å². The fourth-order valence-electron chi connectivity index (χ4n) is 4.49. The van der Waals surface area contributed by atoms with Crippen LogP contribution in [0.15, 0.2) is 67.1 Å². The molecule has 0 N–H and O–H groups in total. The quantitative estimate of drug-likeness (QED) is 0.257. The van der Waals surface area contributed by atoms with Crippen molar-refractivity contribution >= 4 is 51.1 Å². The molecule has 1 amide bonds. The Morgan fingerprint density at radius 2 is 1.82 bits per heavy atom. The topological polar surface area (TPSA) is 72.4 Å². The Morgan fingerprint density at radius 3 is 2.59 bits per heavy atom. The first kappa shape index (κ1) is 21.4. The molecule has 1 saturated heterocycles. The standard InChI is InChI=1S/C26H23N3O3S2/c1-16-14-33-26(27-16)34-15-19-18-6-2-4-8-21(18)31-23(19)25(30)29-12-10-17(11-13-29)24-28-20-7-3-5-9-22(20)32-24/h2-9,14,17H,10-13,15H2,1H3. The van der Waals surface area contributed by atoms with Gasteiger partial charge in [0, 0.05) is 46.8 Å². The Kier molecular flexibility index (Phi) is 5.63. The predicted molar refractivity (Wildman–Crippen MR) is 135 cm³/mol. The number of furan rings is 1. The second-order valence-electron chi connectivity index (χ2n) is 8.54.